The first kappa shape index (κ1) is 16.6. The zero-order valence-corrected chi connectivity index (χ0v) is 12.7. The largest absolute Gasteiger partial charge is 0.508 e. The number of carbonyl (C=O) groups excluding carboxylic acids is 1. The number of ether oxygens (including phenoxy) is 1. The minimum absolute atomic E-state index is 0.0922. The van der Waals surface area contributed by atoms with Crippen molar-refractivity contribution in [2.45, 2.75) is 32.3 Å². The fraction of sp³-hybridized carbons (Fsp3) is 0.500. The first-order valence-electron chi connectivity index (χ1n) is 6.38. The van der Waals surface area contributed by atoms with Crippen LogP contribution in [0.25, 0.3) is 0 Å². The summed E-state index contributed by atoms with van der Waals surface area (Å²) < 4.78 is 5.15. The topological polar surface area (TPSA) is 84.6 Å². The zero-order chi connectivity index (χ0) is 15.3. The van der Waals surface area contributed by atoms with Crippen molar-refractivity contribution in [1.29, 1.82) is 0 Å². The predicted octanol–water partition coefficient (Wildman–Crippen LogP) is 2.61. The minimum atomic E-state index is -0.543. The van der Waals surface area contributed by atoms with Gasteiger partial charge in [-0.25, -0.2) is 4.79 Å². The van der Waals surface area contributed by atoms with E-state index in [4.69, 9.17) is 22.1 Å². The fourth-order valence-electron chi connectivity index (χ4n) is 1.69. The Morgan fingerprint density at radius 2 is 2.15 bits per heavy atom. The van der Waals surface area contributed by atoms with Gasteiger partial charge in [-0.05, 0) is 38.5 Å². The summed E-state index contributed by atoms with van der Waals surface area (Å²) in [7, 11) is 0. The lowest BCUT2D eigenvalue weighted by Gasteiger charge is -2.22. The van der Waals surface area contributed by atoms with Gasteiger partial charge in [0.1, 0.15) is 11.4 Å². The van der Waals surface area contributed by atoms with Crippen LogP contribution in [-0.2, 0) is 4.74 Å². The summed E-state index contributed by atoms with van der Waals surface area (Å²) in [5.74, 6) is -0.0507. The molecule has 1 atom stereocenters. The Bertz CT molecular complexity index is 472. The second-order valence-electron chi connectivity index (χ2n) is 5.52. The Morgan fingerprint density at radius 3 is 2.65 bits per heavy atom. The van der Waals surface area contributed by atoms with Crippen molar-refractivity contribution in [3.8, 4) is 5.75 Å². The van der Waals surface area contributed by atoms with Gasteiger partial charge in [0, 0.05) is 24.0 Å². The van der Waals surface area contributed by atoms with Crippen LogP contribution in [0.2, 0.25) is 5.02 Å². The molecule has 1 amide bonds. The van der Waals surface area contributed by atoms with Crippen molar-refractivity contribution in [2.75, 3.05) is 13.1 Å². The van der Waals surface area contributed by atoms with Gasteiger partial charge in [-0.3, -0.25) is 0 Å². The lowest BCUT2D eigenvalue weighted by molar-refractivity contribution is 0.0525. The molecule has 0 aromatic heterocycles. The molecule has 0 saturated carbocycles. The van der Waals surface area contributed by atoms with E-state index in [0.29, 0.717) is 18.1 Å². The van der Waals surface area contributed by atoms with Gasteiger partial charge >= 0.3 is 6.09 Å². The fourth-order valence-corrected chi connectivity index (χ4v) is 2.02. The molecule has 0 bridgehead atoms. The molecule has 0 fully saturated rings. The highest BCUT2D eigenvalue weighted by atomic mass is 35.5. The normalized spacial score (nSPS) is 12.8. The molecule has 20 heavy (non-hydrogen) atoms. The van der Waals surface area contributed by atoms with E-state index in [9.17, 15) is 9.90 Å². The molecule has 0 aliphatic heterocycles. The molecular weight excluding hydrogens is 280 g/mol. The number of carbonyl (C=O) groups is 1. The average Bonchev–Trinajstić information content (AvgIpc) is 2.29. The molecule has 112 valence electrons. The van der Waals surface area contributed by atoms with Crippen LogP contribution in [0.1, 0.15) is 32.3 Å². The van der Waals surface area contributed by atoms with Crippen LogP contribution in [0.5, 0.6) is 5.75 Å². The second-order valence-corrected chi connectivity index (χ2v) is 5.93. The molecular formula is C14H21ClN2O3. The lowest BCUT2D eigenvalue weighted by Crippen LogP contribution is -2.36. The van der Waals surface area contributed by atoms with E-state index in [1.165, 1.54) is 12.1 Å². The van der Waals surface area contributed by atoms with Gasteiger partial charge in [0.15, 0.2) is 0 Å². The van der Waals surface area contributed by atoms with Crippen LogP contribution in [0.3, 0.4) is 0 Å². The van der Waals surface area contributed by atoms with Crippen molar-refractivity contribution in [3.05, 3.63) is 28.8 Å². The van der Waals surface area contributed by atoms with Crippen molar-refractivity contribution in [2.24, 2.45) is 5.73 Å². The number of rotatable bonds is 4. The Balaban J connectivity index is 2.66. The summed E-state index contributed by atoms with van der Waals surface area (Å²) in [6.07, 6.45) is -0.495. The summed E-state index contributed by atoms with van der Waals surface area (Å²) in [5.41, 5.74) is 5.95. The first-order valence-corrected chi connectivity index (χ1v) is 6.76. The maximum absolute atomic E-state index is 11.6. The highest BCUT2D eigenvalue weighted by Gasteiger charge is 2.19. The van der Waals surface area contributed by atoms with E-state index in [-0.39, 0.29) is 11.7 Å². The number of aromatic hydroxyl groups is 1. The molecule has 0 aliphatic carbocycles. The number of nitrogens with two attached hydrogens (primary N) is 1. The van der Waals surface area contributed by atoms with Crippen LogP contribution in [0.15, 0.2) is 18.2 Å². The highest BCUT2D eigenvalue weighted by Crippen LogP contribution is 2.27. The molecule has 0 spiro atoms. The van der Waals surface area contributed by atoms with Crippen molar-refractivity contribution >= 4 is 17.7 Å². The third-order valence-corrected chi connectivity index (χ3v) is 2.93. The van der Waals surface area contributed by atoms with Gasteiger partial charge in [-0.2, -0.15) is 0 Å². The van der Waals surface area contributed by atoms with E-state index in [1.807, 2.05) is 0 Å². The molecule has 1 unspecified atom stereocenters. The van der Waals surface area contributed by atoms with E-state index in [1.54, 1.807) is 26.8 Å². The molecule has 0 aliphatic rings. The van der Waals surface area contributed by atoms with Crippen LogP contribution in [-0.4, -0.2) is 29.9 Å². The molecule has 1 aromatic rings. The van der Waals surface area contributed by atoms with Gasteiger partial charge in [0.05, 0.1) is 0 Å². The Labute approximate surface area is 124 Å². The molecule has 5 nitrogen and oxygen atoms in total. The smallest absolute Gasteiger partial charge is 0.407 e. The molecule has 0 saturated heterocycles. The van der Waals surface area contributed by atoms with Crippen molar-refractivity contribution in [3.63, 3.8) is 0 Å². The lowest BCUT2D eigenvalue weighted by atomic mass is 9.99. The van der Waals surface area contributed by atoms with Crippen LogP contribution < -0.4 is 11.1 Å². The number of alkyl carbamates (subject to hydrolysis) is 1. The predicted molar refractivity (Wildman–Crippen MR) is 79.1 cm³/mol. The second kappa shape index (κ2) is 6.81. The standard InChI is InChI=1S/C14H21ClN2O3/c1-14(2,3)20-13(19)17-8-9(7-16)11-5-4-10(18)6-12(11)15/h4-6,9,18H,7-8,16H2,1-3H3,(H,17,19). The van der Waals surface area contributed by atoms with Crippen molar-refractivity contribution < 1.29 is 14.6 Å². The average molecular weight is 301 g/mol. The number of phenolic OH excluding ortho intramolecular Hbond substituents is 1. The zero-order valence-electron chi connectivity index (χ0n) is 11.9. The van der Waals surface area contributed by atoms with Gasteiger partial charge in [0.2, 0.25) is 0 Å². The quantitative estimate of drug-likeness (QED) is 0.798. The summed E-state index contributed by atoms with van der Waals surface area (Å²) in [6.45, 7) is 6.02. The molecule has 1 rings (SSSR count). The number of amides is 1. The summed E-state index contributed by atoms with van der Waals surface area (Å²) in [6, 6.07) is 4.69. The monoisotopic (exact) mass is 300 g/mol. The Hall–Kier alpha value is -1.46. The molecule has 6 heteroatoms. The van der Waals surface area contributed by atoms with E-state index >= 15 is 0 Å². The van der Waals surface area contributed by atoms with E-state index in [0.717, 1.165) is 5.56 Å². The number of hydrogen-bond donors (Lipinski definition) is 3. The SMILES string of the molecule is CC(C)(C)OC(=O)NCC(CN)c1ccc(O)cc1Cl. The third kappa shape index (κ3) is 5.27. The van der Waals surface area contributed by atoms with Gasteiger partial charge in [-0.1, -0.05) is 17.7 Å². The molecule has 0 radical (unpaired) electrons. The van der Waals surface area contributed by atoms with E-state index < -0.39 is 11.7 Å². The molecule has 0 heterocycles. The van der Waals surface area contributed by atoms with Crippen LogP contribution in [0, 0.1) is 0 Å². The maximum atomic E-state index is 11.6. The van der Waals surface area contributed by atoms with Crippen molar-refractivity contribution in [1.82, 2.24) is 5.32 Å². The Kier molecular flexibility index (Phi) is 5.65. The summed E-state index contributed by atoms with van der Waals surface area (Å²) in [4.78, 5) is 11.6. The summed E-state index contributed by atoms with van der Waals surface area (Å²) in [5, 5.41) is 12.4. The first-order chi connectivity index (χ1) is 9.23. The molecule has 1 aromatic carbocycles. The minimum Gasteiger partial charge on any atom is -0.508 e. The number of halogens is 1. The summed E-state index contributed by atoms with van der Waals surface area (Å²) >= 11 is 6.07. The third-order valence-electron chi connectivity index (χ3n) is 2.60. The maximum Gasteiger partial charge on any atom is 0.407 e. The van der Waals surface area contributed by atoms with Gasteiger partial charge in [-0.15, -0.1) is 0 Å². The Morgan fingerprint density at radius 1 is 1.50 bits per heavy atom. The van der Waals surface area contributed by atoms with Crippen LogP contribution in [0.4, 0.5) is 4.79 Å². The van der Waals surface area contributed by atoms with Gasteiger partial charge < -0.3 is 20.9 Å². The van der Waals surface area contributed by atoms with Gasteiger partial charge in [0.25, 0.3) is 0 Å². The molecule has 4 N–H and O–H groups in total. The highest BCUT2D eigenvalue weighted by molar-refractivity contribution is 6.31. The number of benzene rings is 1. The van der Waals surface area contributed by atoms with E-state index in [2.05, 4.69) is 5.32 Å². The van der Waals surface area contributed by atoms with Crippen LogP contribution >= 0.6 is 11.6 Å². The number of nitrogens with one attached hydrogen (secondary N) is 1. The number of phenols is 1. The number of hydrogen-bond acceptors (Lipinski definition) is 4.